The predicted molar refractivity (Wildman–Crippen MR) is 175 cm³/mol. The fraction of sp³-hybridized carbons (Fsp3) is 0.243. The molecule has 238 valence electrons. The Morgan fingerprint density at radius 3 is 1.78 bits per heavy atom. The van der Waals surface area contributed by atoms with Gasteiger partial charge in [-0.3, -0.25) is 0 Å². The maximum atomic E-state index is 12.9. The van der Waals surface area contributed by atoms with Gasteiger partial charge >= 0.3 is 17.9 Å². The second-order valence-electron chi connectivity index (χ2n) is 10.9. The van der Waals surface area contributed by atoms with E-state index in [2.05, 4.69) is 23.3 Å². The SMILES string of the molecule is C=CC(=O)OCCCCOc1ccc(C(=O)Oc2ccc(OC(=O)c3ccc(C[n+]4ccc(N(C)C)cc4)cc3)c(C)c2C)cc1. The molecule has 0 amide bonds. The van der Waals surface area contributed by atoms with Gasteiger partial charge in [-0.15, -0.1) is 0 Å². The predicted octanol–water partition coefficient (Wildman–Crippen LogP) is 6.03. The Bertz CT molecular complexity index is 1660. The van der Waals surface area contributed by atoms with Crippen molar-refractivity contribution in [3.8, 4) is 17.2 Å². The van der Waals surface area contributed by atoms with Crippen LogP contribution in [0.2, 0.25) is 0 Å². The first kappa shape index (κ1) is 33.5. The number of hydrogen-bond acceptors (Lipinski definition) is 8. The molecule has 0 atom stereocenters. The number of carbonyl (C=O) groups is 3. The van der Waals surface area contributed by atoms with Gasteiger partial charge in [-0.05, 0) is 86.3 Å². The number of anilines is 1. The van der Waals surface area contributed by atoms with Gasteiger partial charge in [-0.25, -0.2) is 19.0 Å². The van der Waals surface area contributed by atoms with Gasteiger partial charge in [0.25, 0.3) is 0 Å². The minimum atomic E-state index is -0.519. The van der Waals surface area contributed by atoms with Crippen molar-refractivity contribution in [2.45, 2.75) is 33.2 Å². The molecule has 0 bridgehead atoms. The van der Waals surface area contributed by atoms with E-state index in [0.717, 1.165) is 17.3 Å². The lowest BCUT2D eigenvalue weighted by Gasteiger charge is -2.14. The van der Waals surface area contributed by atoms with Crippen LogP contribution in [0.5, 0.6) is 17.2 Å². The van der Waals surface area contributed by atoms with Crippen molar-refractivity contribution in [3.05, 3.63) is 126 Å². The Morgan fingerprint density at radius 1 is 0.739 bits per heavy atom. The first-order valence-electron chi connectivity index (χ1n) is 15.0. The summed E-state index contributed by atoms with van der Waals surface area (Å²) in [5.74, 6) is -0.0527. The van der Waals surface area contributed by atoms with Crippen LogP contribution in [-0.4, -0.2) is 45.2 Å². The van der Waals surface area contributed by atoms with E-state index in [1.807, 2.05) is 57.4 Å². The minimum absolute atomic E-state index is 0.308. The monoisotopic (exact) mass is 623 g/mol. The molecule has 0 spiro atoms. The van der Waals surface area contributed by atoms with Crippen LogP contribution in [0.4, 0.5) is 5.69 Å². The van der Waals surface area contributed by atoms with Gasteiger partial charge in [-0.1, -0.05) is 18.7 Å². The van der Waals surface area contributed by atoms with Gasteiger partial charge in [-0.2, -0.15) is 0 Å². The number of hydrogen-bond donors (Lipinski definition) is 0. The number of nitrogens with zero attached hydrogens (tertiary/aromatic N) is 2. The zero-order chi connectivity index (χ0) is 33.1. The van der Waals surface area contributed by atoms with Gasteiger partial charge < -0.3 is 23.8 Å². The number of aromatic nitrogens is 1. The fourth-order valence-electron chi connectivity index (χ4n) is 4.43. The summed E-state index contributed by atoms with van der Waals surface area (Å²) in [6, 6.07) is 21.3. The van der Waals surface area contributed by atoms with Crippen LogP contribution in [0.3, 0.4) is 0 Å². The zero-order valence-corrected chi connectivity index (χ0v) is 26.7. The average molecular weight is 624 g/mol. The van der Waals surface area contributed by atoms with Crippen LogP contribution in [0.15, 0.2) is 97.8 Å². The topological polar surface area (TPSA) is 95.2 Å². The summed E-state index contributed by atoms with van der Waals surface area (Å²) < 4.78 is 24.1. The van der Waals surface area contributed by atoms with Crippen molar-refractivity contribution < 1.29 is 37.9 Å². The molecule has 0 fully saturated rings. The highest BCUT2D eigenvalue weighted by molar-refractivity contribution is 5.92. The molecular formula is C37H39N2O7+. The van der Waals surface area contributed by atoms with Crippen molar-refractivity contribution in [2.24, 2.45) is 0 Å². The van der Waals surface area contributed by atoms with Gasteiger partial charge in [0.05, 0.1) is 24.3 Å². The molecule has 0 unspecified atom stereocenters. The molecular weight excluding hydrogens is 584 g/mol. The van der Waals surface area contributed by atoms with Gasteiger partial charge in [0.1, 0.15) is 17.2 Å². The summed E-state index contributed by atoms with van der Waals surface area (Å²) in [7, 11) is 4.01. The van der Waals surface area contributed by atoms with E-state index >= 15 is 0 Å². The molecule has 0 radical (unpaired) electrons. The van der Waals surface area contributed by atoms with E-state index in [4.69, 9.17) is 18.9 Å². The molecule has 46 heavy (non-hydrogen) atoms. The Labute approximate surface area is 269 Å². The lowest BCUT2D eigenvalue weighted by molar-refractivity contribution is -0.688. The Kier molecular flexibility index (Phi) is 11.7. The summed E-state index contributed by atoms with van der Waals surface area (Å²) in [4.78, 5) is 38.8. The van der Waals surface area contributed by atoms with Crippen molar-refractivity contribution in [1.29, 1.82) is 0 Å². The van der Waals surface area contributed by atoms with Gasteiger partial charge in [0, 0.05) is 43.6 Å². The third-order valence-electron chi connectivity index (χ3n) is 7.35. The molecule has 0 aliphatic heterocycles. The molecule has 0 N–H and O–H groups in total. The summed E-state index contributed by atoms with van der Waals surface area (Å²) >= 11 is 0. The van der Waals surface area contributed by atoms with Crippen LogP contribution >= 0.6 is 0 Å². The first-order valence-corrected chi connectivity index (χ1v) is 15.0. The lowest BCUT2D eigenvalue weighted by atomic mass is 10.1. The minimum Gasteiger partial charge on any atom is -0.494 e. The van der Waals surface area contributed by atoms with Gasteiger partial charge in [0.2, 0.25) is 0 Å². The van der Waals surface area contributed by atoms with E-state index in [-0.39, 0.29) is 0 Å². The molecule has 9 heteroatoms. The van der Waals surface area contributed by atoms with E-state index < -0.39 is 17.9 Å². The van der Waals surface area contributed by atoms with E-state index in [9.17, 15) is 14.4 Å². The van der Waals surface area contributed by atoms with Crippen molar-refractivity contribution in [3.63, 3.8) is 0 Å². The summed E-state index contributed by atoms with van der Waals surface area (Å²) in [6.07, 6.45) is 6.55. The zero-order valence-electron chi connectivity index (χ0n) is 26.7. The maximum absolute atomic E-state index is 12.9. The number of pyridine rings is 1. The maximum Gasteiger partial charge on any atom is 0.343 e. The normalized spacial score (nSPS) is 10.5. The molecule has 0 saturated heterocycles. The molecule has 0 saturated carbocycles. The molecule has 0 aliphatic rings. The molecule has 0 aliphatic carbocycles. The Morgan fingerprint density at radius 2 is 1.26 bits per heavy atom. The second-order valence-corrected chi connectivity index (χ2v) is 10.9. The van der Waals surface area contributed by atoms with Crippen LogP contribution in [0.25, 0.3) is 0 Å². The molecule has 1 aromatic heterocycles. The van der Waals surface area contributed by atoms with Crippen molar-refractivity contribution in [2.75, 3.05) is 32.2 Å². The molecule has 1 heterocycles. The van der Waals surface area contributed by atoms with E-state index in [1.165, 1.54) is 0 Å². The van der Waals surface area contributed by atoms with Crippen LogP contribution < -0.4 is 23.7 Å². The average Bonchev–Trinajstić information content (AvgIpc) is 3.06. The number of rotatable bonds is 14. The summed E-state index contributed by atoms with van der Waals surface area (Å²) in [5, 5.41) is 0. The van der Waals surface area contributed by atoms with E-state index in [0.29, 0.717) is 72.1 Å². The quantitative estimate of drug-likeness (QED) is 0.0553. The van der Waals surface area contributed by atoms with Crippen LogP contribution in [-0.2, 0) is 16.1 Å². The molecule has 9 nitrogen and oxygen atoms in total. The summed E-state index contributed by atoms with van der Waals surface area (Å²) in [6.45, 7) is 8.41. The molecule has 3 aromatic carbocycles. The Balaban J connectivity index is 1.28. The third-order valence-corrected chi connectivity index (χ3v) is 7.35. The van der Waals surface area contributed by atoms with Crippen molar-refractivity contribution >= 4 is 23.6 Å². The highest BCUT2D eigenvalue weighted by atomic mass is 16.5. The largest absolute Gasteiger partial charge is 0.494 e. The second kappa shape index (κ2) is 16.0. The Hall–Kier alpha value is -5.44. The summed E-state index contributed by atoms with van der Waals surface area (Å²) in [5.41, 5.74) is 4.36. The fourth-order valence-corrected chi connectivity index (χ4v) is 4.43. The van der Waals surface area contributed by atoms with Crippen LogP contribution in [0, 0.1) is 13.8 Å². The highest BCUT2D eigenvalue weighted by Gasteiger charge is 2.17. The number of benzene rings is 3. The van der Waals surface area contributed by atoms with Gasteiger partial charge in [0.15, 0.2) is 18.9 Å². The third kappa shape index (κ3) is 9.28. The highest BCUT2D eigenvalue weighted by Crippen LogP contribution is 2.30. The number of carbonyl (C=O) groups excluding carboxylic acids is 3. The molecule has 4 rings (SSSR count). The number of unbranched alkanes of at least 4 members (excludes halogenated alkanes) is 1. The smallest absolute Gasteiger partial charge is 0.343 e. The molecule has 4 aromatic rings. The lowest BCUT2D eigenvalue weighted by Crippen LogP contribution is -2.33. The number of esters is 3. The standard InChI is InChI=1S/C37H39N2O7/c1-6-35(40)44-24-8-7-23-43-32-15-13-30(14-16-32)37(42)46-34-18-17-33(26(2)27(34)3)45-36(41)29-11-9-28(10-12-29)25-39-21-19-31(20-22-39)38(4)5/h6,9-22H,1,7-8,23-25H2,2-5H3/q+1. The number of ether oxygens (including phenoxy) is 4. The van der Waals surface area contributed by atoms with E-state index in [1.54, 1.807) is 48.5 Å². The van der Waals surface area contributed by atoms with Crippen LogP contribution in [0.1, 0.15) is 50.2 Å². The van der Waals surface area contributed by atoms with Crippen molar-refractivity contribution in [1.82, 2.24) is 0 Å². The first-order chi connectivity index (χ1) is 22.1.